The lowest BCUT2D eigenvalue weighted by Gasteiger charge is -2.30. The summed E-state index contributed by atoms with van der Waals surface area (Å²) in [6, 6.07) is 12.6. The smallest absolute Gasteiger partial charge is 0.244 e. The summed E-state index contributed by atoms with van der Waals surface area (Å²) in [7, 11) is 0. The number of hydrogen-bond donors (Lipinski definition) is 1. The Morgan fingerprint density at radius 1 is 1.00 bits per heavy atom. The summed E-state index contributed by atoms with van der Waals surface area (Å²) in [5, 5.41) is 3.12. The van der Waals surface area contributed by atoms with Crippen molar-refractivity contribution >= 4 is 17.8 Å². The summed E-state index contributed by atoms with van der Waals surface area (Å²) >= 11 is 0. The van der Waals surface area contributed by atoms with E-state index in [1.54, 1.807) is 25.1 Å². The van der Waals surface area contributed by atoms with Crippen LogP contribution in [-0.4, -0.2) is 42.3 Å². The van der Waals surface area contributed by atoms with Crippen LogP contribution in [0.15, 0.2) is 48.5 Å². The topological polar surface area (TPSA) is 49.4 Å². The highest BCUT2D eigenvalue weighted by Gasteiger charge is 2.23. The van der Waals surface area contributed by atoms with Crippen LogP contribution in [0.25, 0.3) is 6.08 Å². The van der Waals surface area contributed by atoms with Gasteiger partial charge in [0, 0.05) is 30.8 Å². The molecular formula is C29H35FN2O2. The van der Waals surface area contributed by atoms with E-state index in [2.05, 4.69) is 22.3 Å². The highest BCUT2D eigenvalue weighted by atomic mass is 19.1. The third kappa shape index (κ3) is 6.86. The first-order valence-corrected chi connectivity index (χ1v) is 12.6. The number of rotatable bonds is 7. The minimum absolute atomic E-state index is 0.0789. The second-order valence-electron chi connectivity index (χ2n) is 9.78. The van der Waals surface area contributed by atoms with Crippen LogP contribution in [0.4, 0.5) is 4.39 Å². The van der Waals surface area contributed by atoms with E-state index in [0.717, 1.165) is 75.2 Å². The summed E-state index contributed by atoms with van der Waals surface area (Å²) in [5.41, 5.74) is 4.36. The molecule has 5 heteroatoms. The molecule has 180 valence electrons. The maximum absolute atomic E-state index is 13.0. The van der Waals surface area contributed by atoms with Gasteiger partial charge in [0.05, 0.1) is 0 Å². The van der Waals surface area contributed by atoms with Crippen molar-refractivity contribution < 1.29 is 14.0 Å². The number of nitrogens with zero attached hydrogens (tertiary/aromatic N) is 1. The summed E-state index contributed by atoms with van der Waals surface area (Å²) in [6.07, 6.45) is 10.9. The lowest BCUT2D eigenvalue weighted by atomic mass is 9.84. The standard InChI is InChI=1S/C29H35FN2O2/c1-21(33)25-8-7-24-15-18-32(19-16-26(24)20-25)17-14-23-4-11-28(12-5-23)31-29(34)13-6-22-2-9-27(30)10-3-22/h2-3,6-10,13,20,23,28H,4-5,11-12,14-19H2,1H3,(H,31,34). The van der Waals surface area contributed by atoms with E-state index in [-0.39, 0.29) is 23.5 Å². The van der Waals surface area contributed by atoms with Gasteiger partial charge >= 0.3 is 0 Å². The zero-order valence-electron chi connectivity index (χ0n) is 20.1. The molecule has 0 atom stereocenters. The number of hydrogen-bond acceptors (Lipinski definition) is 3. The number of nitrogens with one attached hydrogen (secondary N) is 1. The first-order valence-electron chi connectivity index (χ1n) is 12.6. The average molecular weight is 463 g/mol. The zero-order chi connectivity index (χ0) is 23.9. The van der Waals surface area contributed by atoms with E-state index in [9.17, 15) is 14.0 Å². The van der Waals surface area contributed by atoms with Gasteiger partial charge in [-0.3, -0.25) is 9.59 Å². The molecule has 0 unspecified atom stereocenters. The summed E-state index contributed by atoms with van der Waals surface area (Å²) in [6.45, 7) is 4.89. The molecule has 0 aromatic heterocycles. The molecule has 34 heavy (non-hydrogen) atoms. The molecule has 1 aliphatic carbocycles. The van der Waals surface area contributed by atoms with E-state index in [4.69, 9.17) is 0 Å². The van der Waals surface area contributed by atoms with Gasteiger partial charge in [-0.15, -0.1) is 0 Å². The number of ketones is 1. The van der Waals surface area contributed by atoms with Gasteiger partial charge in [0.2, 0.25) is 5.91 Å². The van der Waals surface area contributed by atoms with E-state index < -0.39 is 0 Å². The lowest BCUT2D eigenvalue weighted by molar-refractivity contribution is -0.117. The maximum Gasteiger partial charge on any atom is 0.244 e. The molecule has 4 nitrogen and oxygen atoms in total. The Labute approximate surface area is 202 Å². The largest absolute Gasteiger partial charge is 0.350 e. The molecule has 2 aromatic carbocycles. The highest BCUT2D eigenvalue weighted by molar-refractivity contribution is 5.94. The monoisotopic (exact) mass is 462 g/mol. The molecule has 0 saturated heterocycles. The molecule has 2 aromatic rings. The fourth-order valence-electron chi connectivity index (χ4n) is 5.17. The molecule has 0 bridgehead atoms. The van der Waals surface area contributed by atoms with E-state index in [0.29, 0.717) is 0 Å². The Morgan fingerprint density at radius 2 is 1.71 bits per heavy atom. The first-order chi connectivity index (χ1) is 16.5. The number of carbonyl (C=O) groups is 2. The summed E-state index contributed by atoms with van der Waals surface area (Å²) in [5.74, 6) is 0.504. The van der Waals surface area contributed by atoms with Gasteiger partial charge in [0.25, 0.3) is 0 Å². The SMILES string of the molecule is CC(=O)c1ccc2c(c1)CCN(CCC1CCC(NC(=O)C=Cc3ccc(F)cc3)CC1)CC2. The van der Waals surface area contributed by atoms with Gasteiger partial charge in [-0.05, 0) is 105 Å². The highest BCUT2D eigenvalue weighted by Crippen LogP contribution is 2.28. The van der Waals surface area contributed by atoms with Crippen LogP contribution in [0.2, 0.25) is 0 Å². The number of Topliss-reactive ketones (excluding diaryl/α,β-unsaturated/α-hetero) is 1. The third-order valence-electron chi connectivity index (χ3n) is 7.35. The number of halogens is 1. The van der Waals surface area contributed by atoms with E-state index in [1.807, 2.05) is 6.07 Å². The van der Waals surface area contributed by atoms with Crippen LogP contribution < -0.4 is 5.32 Å². The Hall–Kier alpha value is -2.79. The number of fused-ring (bicyclic) bond motifs is 1. The number of benzene rings is 2. The van der Waals surface area contributed by atoms with Crippen LogP contribution in [0.3, 0.4) is 0 Å². The van der Waals surface area contributed by atoms with Crippen LogP contribution in [0.1, 0.15) is 66.1 Å². The minimum atomic E-state index is -0.275. The Kier molecular flexibility index (Phi) is 8.28. The molecular weight excluding hydrogens is 427 g/mol. The van der Waals surface area contributed by atoms with Crippen molar-refractivity contribution in [3.8, 4) is 0 Å². The molecule has 1 N–H and O–H groups in total. The van der Waals surface area contributed by atoms with Gasteiger partial charge in [-0.2, -0.15) is 0 Å². The minimum Gasteiger partial charge on any atom is -0.350 e. The van der Waals surface area contributed by atoms with Gasteiger partial charge < -0.3 is 10.2 Å². The van der Waals surface area contributed by atoms with Crippen molar-refractivity contribution in [2.75, 3.05) is 19.6 Å². The van der Waals surface area contributed by atoms with Crippen molar-refractivity contribution in [1.29, 1.82) is 0 Å². The molecule has 0 radical (unpaired) electrons. The first kappa shape index (κ1) is 24.3. The molecule has 4 rings (SSSR count). The Balaban J connectivity index is 1.16. The van der Waals surface area contributed by atoms with Gasteiger partial charge in [-0.1, -0.05) is 24.3 Å². The van der Waals surface area contributed by atoms with Crippen molar-refractivity contribution in [3.05, 3.63) is 76.6 Å². The number of amides is 1. The van der Waals surface area contributed by atoms with Crippen LogP contribution in [0, 0.1) is 11.7 Å². The molecule has 1 amide bonds. The Morgan fingerprint density at radius 3 is 2.41 bits per heavy atom. The van der Waals surface area contributed by atoms with E-state index >= 15 is 0 Å². The summed E-state index contributed by atoms with van der Waals surface area (Å²) in [4.78, 5) is 26.5. The molecule has 2 aliphatic rings. The van der Waals surface area contributed by atoms with Crippen molar-refractivity contribution in [2.45, 2.75) is 57.9 Å². The quantitative estimate of drug-likeness (QED) is 0.454. The van der Waals surface area contributed by atoms with Gasteiger partial charge in [0.15, 0.2) is 5.78 Å². The fourth-order valence-corrected chi connectivity index (χ4v) is 5.17. The van der Waals surface area contributed by atoms with Crippen molar-refractivity contribution in [1.82, 2.24) is 10.2 Å². The zero-order valence-corrected chi connectivity index (χ0v) is 20.1. The molecule has 0 spiro atoms. The second kappa shape index (κ2) is 11.6. The second-order valence-corrected chi connectivity index (χ2v) is 9.78. The third-order valence-corrected chi connectivity index (χ3v) is 7.35. The lowest BCUT2D eigenvalue weighted by Crippen LogP contribution is -2.37. The Bertz CT molecular complexity index is 1020. The van der Waals surface area contributed by atoms with Crippen LogP contribution >= 0.6 is 0 Å². The predicted molar refractivity (Wildman–Crippen MR) is 134 cm³/mol. The average Bonchev–Trinajstić information content (AvgIpc) is 3.05. The maximum atomic E-state index is 13.0. The van der Waals surface area contributed by atoms with Crippen LogP contribution in [-0.2, 0) is 17.6 Å². The number of carbonyl (C=O) groups excluding carboxylic acids is 2. The fraction of sp³-hybridized carbons (Fsp3) is 0.448. The normalized spacial score (nSPS) is 21.1. The van der Waals surface area contributed by atoms with E-state index in [1.165, 1.54) is 35.8 Å². The van der Waals surface area contributed by atoms with Crippen molar-refractivity contribution in [2.24, 2.45) is 5.92 Å². The predicted octanol–water partition coefficient (Wildman–Crippen LogP) is 5.21. The van der Waals surface area contributed by atoms with Crippen LogP contribution in [0.5, 0.6) is 0 Å². The molecule has 1 heterocycles. The van der Waals surface area contributed by atoms with Gasteiger partial charge in [-0.25, -0.2) is 4.39 Å². The van der Waals surface area contributed by atoms with Gasteiger partial charge in [0.1, 0.15) is 5.82 Å². The van der Waals surface area contributed by atoms with Crippen molar-refractivity contribution in [3.63, 3.8) is 0 Å². The molecule has 1 fully saturated rings. The molecule has 1 saturated carbocycles. The molecule has 1 aliphatic heterocycles. The summed E-state index contributed by atoms with van der Waals surface area (Å²) < 4.78 is 13.0.